The Morgan fingerprint density at radius 3 is 2.48 bits per heavy atom. The highest BCUT2D eigenvalue weighted by atomic mass is 16.5. The van der Waals surface area contributed by atoms with Gasteiger partial charge in [0.25, 0.3) is 0 Å². The van der Waals surface area contributed by atoms with E-state index in [-0.39, 0.29) is 18.6 Å². The van der Waals surface area contributed by atoms with Crippen LogP contribution in [0.15, 0.2) is 24.3 Å². The largest absolute Gasteiger partial charge is 0.497 e. The van der Waals surface area contributed by atoms with Crippen LogP contribution in [0, 0.1) is 5.92 Å². The summed E-state index contributed by atoms with van der Waals surface area (Å²) in [6.07, 6.45) is 0. The number of ether oxygens (including phenoxy) is 1. The maximum atomic E-state index is 9.69. The van der Waals surface area contributed by atoms with Crippen LogP contribution in [0.5, 0.6) is 5.75 Å². The van der Waals surface area contributed by atoms with E-state index in [9.17, 15) is 5.11 Å². The standard InChI is InChI=1S/C21H32N6O2/c1-13(2)17(11-28)24-21-25-19(18-20(26-21)27(12-23-18)14(3)4)22-10-15-6-8-16(29-5)9-7-15/h6-9,13-14,17,23,28H,10-12H2,1-5H3,(H2,22,24,25,26). The van der Waals surface area contributed by atoms with Crippen LogP contribution in [-0.2, 0) is 6.54 Å². The fraction of sp³-hybridized carbons (Fsp3) is 0.524. The van der Waals surface area contributed by atoms with E-state index in [1.807, 2.05) is 24.3 Å². The molecule has 1 atom stereocenters. The van der Waals surface area contributed by atoms with Gasteiger partial charge in [0.15, 0.2) is 11.6 Å². The summed E-state index contributed by atoms with van der Waals surface area (Å²) in [6, 6.07) is 8.15. The van der Waals surface area contributed by atoms with Gasteiger partial charge in [0.1, 0.15) is 11.4 Å². The van der Waals surface area contributed by atoms with Crippen LogP contribution in [0.25, 0.3) is 0 Å². The van der Waals surface area contributed by atoms with E-state index in [4.69, 9.17) is 14.7 Å². The van der Waals surface area contributed by atoms with E-state index in [0.717, 1.165) is 28.6 Å². The van der Waals surface area contributed by atoms with Crippen molar-refractivity contribution in [3.8, 4) is 5.75 Å². The number of aliphatic hydroxyl groups excluding tert-OH is 1. The maximum absolute atomic E-state index is 9.69. The third-order valence-corrected chi connectivity index (χ3v) is 5.15. The van der Waals surface area contributed by atoms with E-state index < -0.39 is 0 Å². The number of hydrogen-bond acceptors (Lipinski definition) is 8. The Bertz CT molecular complexity index is 810. The molecule has 0 bridgehead atoms. The lowest BCUT2D eigenvalue weighted by Crippen LogP contribution is -2.32. The fourth-order valence-electron chi connectivity index (χ4n) is 3.20. The Morgan fingerprint density at radius 2 is 1.90 bits per heavy atom. The molecule has 0 saturated heterocycles. The van der Waals surface area contributed by atoms with Crippen LogP contribution in [0.1, 0.15) is 33.3 Å². The molecule has 0 saturated carbocycles. The molecule has 8 heteroatoms. The van der Waals surface area contributed by atoms with Gasteiger partial charge in [0, 0.05) is 12.6 Å². The van der Waals surface area contributed by atoms with Crippen molar-refractivity contribution >= 4 is 23.3 Å². The van der Waals surface area contributed by atoms with Crippen molar-refractivity contribution in [3.63, 3.8) is 0 Å². The molecule has 2 aromatic rings. The van der Waals surface area contributed by atoms with E-state index in [0.29, 0.717) is 25.2 Å². The van der Waals surface area contributed by atoms with Gasteiger partial charge in [0.05, 0.1) is 26.4 Å². The van der Waals surface area contributed by atoms with Gasteiger partial charge in [-0.25, -0.2) is 0 Å². The van der Waals surface area contributed by atoms with Gasteiger partial charge in [-0.1, -0.05) is 26.0 Å². The number of rotatable bonds is 9. The molecule has 2 heterocycles. The summed E-state index contributed by atoms with van der Waals surface area (Å²) in [4.78, 5) is 11.6. The van der Waals surface area contributed by atoms with E-state index in [1.165, 1.54) is 0 Å². The number of hydrogen-bond donors (Lipinski definition) is 4. The summed E-state index contributed by atoms with van der Waals surface area (Å²) in [5, 5.41) is 19.8. The van der Waals surface area contributed by atoms with Crippen LogP contribution in [0.4, 0.5) is 23.3 Å². The molecular weight excluding hydrogens is 368 g/mol. The first-order valence-electron chi connectivity index (χ1n) is 10.1. The first kappa shape index (κ1) is 21.0. The van der Waals surface area contributed by atoms with Gasteiger partial charge in [0.2, 0.25) is 5.95 Å². The van der Waals surface area contributed by atoms with Crippen LogP contribution in [0.3, 0.4) is 0 Å². The predicted octanol–water partition coefficient (Wildman–Crippen LogP) is 3.12. The van der Waals surface area contributed by atoms with Crippen molar-refractivity contribution in [3.05, 3.63) is 29.8 Å². The lowest BCUT2D eigenvalue weighted by molar-refractivity contribution is 0.248. The molecule has 29 heavy (non-hydrogen) atoms. The van der Waals surface area contributed by atoms with Crippen LogP contribution >= 0.6 is 0 Å². The minimum absolute atomic E-state index is 0.0267. The minimum Gasteiger partial charge on any atom is -0.497 e. The number of methoxy groups -OCH3 is 1. The molecule has 158 valence electrons. The smallest absolute Gasteiger partial charge is 0.227 e. The summed E-state index contributed by atoms with van der Waals surface area (Å²) in [6.45, 7) is 9.75. The van der Waals surface area contributed by atoms with Gasteiger partial charge in [-0.2, -0.15) is 9.97 Å². The van der Waals surface area contributed by atoms with E-state index in [1.54, 1.807) is 7.11 Å². The number of benzene rings is 1. The summed E-state index contributed by atoms with van der Waals surface area (Å²) >= 11 is 0. The SMILES string of the molecule is COc1ccc(CNc2nc(NC(CO)C(C)C)nc3c2NCN3C(C)C)cc1. The van der Waals surface area contributed by atoms with Crippen molar-refractivity contribution in [1.82, 2.24) is 9.97 Å². The second kappa shape index (κ2) is 9.17. The number of aromatic nitrogens is 2. The number of anilines is 4. The zero-order valence-corrected chi connectivity index (χ0v) is 17.9. The lowest BCUT2D eigenvalue weighted by atomic mass is 10.1. The highest BCUT2D eigenvalue weighted by Gasteiger charge is 2.27. The molecule has 4 N–H and O–H groups in total. The monoisotopic (exact) mass is 400 g/mol. The van der Waals surface area contributed by atoms with Crippen molar-refractivity contribution in [2.75, 3.05) is 41.2 Å². The van der Waals surface area contributed by atoms with Crippen molar-refractivity contribution in [2.45, 2.75) is 46.3 Å². The second-order valence-electron chi connectivity index (χ2n) is 7.87. The van der Waals surface area contributed by atoms with E-state index >= 15 is 0 Å². The van der Waals surface area contributed by atoms with E-state index in [2.05, 4.69) is 48.5 Å². The number of fused-ring (bicyclic) bond motifs is 1. The van der Waals surface area contributed by atoms with Crippen LogP contribution < -0.4 is 25.6 Å². The van der Waals surface area contributed by atoms with Gasteiger partial charge < -0.3 is 30.7 Å². The normalized spacial score (nSPS) is 14.0. The molecule has 0 aliphatic carbocycles. The molecule has 0 radical (unpaired) electrons. The molecular formula is C21H32N6O2. The molecule has 0 spiro atoms. The summed E-state index contributed by atoms with van der Waals surface area (Å²) < 4.78 is 5.22. The summed E-state index contributed by atoms with van der Waals surface area (Å²) in [5.74, 6) is 3.23. The second-order valence-corrected chi connectivity index (χ2v) is 7.87. The number of nitrogens with one attached hydrogen (secondary N) is 3. The van der Waals surface area contributed by atoms with Crippen LogP contribution in [0.2, 0.25) is 0 Å². The molecule has 1 unspecified atom stereocenters. The van der Waals surface area contributed by atoms with Crippen molar-refractivity contribution < 1.29 is 9.84 Å². The molecule has 1 aromatic heterocycles. The third-order valence-electron chi connectivity index (χ3n) is 5.15. The zero-order chi connectivity index (χ0) is 21.0. The van der Waals surface area contributed by atoms with Crippen LogP contribution in [-0.4, -0.2) is 47.5 Å². The molecule has 0 amide bonds. The Hall–Kier alpha value is -2.74. The molecule has 0 fully saturated rings. The molecule has 1 aliphatic rings. The minimum atomic E-state index is -0.107. The average molecular weight is 401 g/mol. The molecule has 1 aliphatic heterocycles. The first-order chi connectivity index (χ1) is 13.9. The summed E-state index contributed by atoms with van der Waals surface area (Å²) in [7, 11) is 1.66. The van der Waals surface area contributed by atoms with Crippen molar-refractivity contribution in [1.29, 1.82) is 0 Å². The molecule has 1 aromatic carbocycles. The van der Waals surface area contributed by atoms with Crippen molar-refractivity contribution in [2.24, 2.45) is 5.92 Å². The highest BCUT2D eigenvalue weighted by Crippen LogP contribution is 2.37. The average Bonchev–Trinajstić information content (AvgIpc) is 3.14. The Balaban J connectivity index is 1.86. The molecule has 3 rings (SSSR count). The summed E-state index contributed by atoms with van der Waals surface area (Å²) in [5.41, 5.74) is 2.03. The van der Waals surface area contributed by atoms with Gasteiger partial charge in [-0.05, 0) is 37.5 Å². The molecule has 8 nitrogen and oxygen atoms in total. The third kappa shape index (κ3) is 4.82. The predicted molar refractivity (Wildman–Crippen MR) is 118 cm³/mol. The highest BCUT2D eigenvalue weighted by molar-refractivity contribution is 5.83. The Morgan fingerprint density at radius 1 is 1.17 bits per heavy atom. The maximum Gasteiger partial charge on any atom is 0.227 e. The Labute approximate surface area is 172 Å². The van der Waals surface area contributed by atoms with Gasteiger partial charge in [-0.15, -0.1) is 0 Å². The zero-order valence-electron chi connectivity index (χ0n) is 17.9. The quantitative estimate of drug-likeness (QED) is 0.510. The number of nitrogens with zero attached hydrogens (tertiary/aromatic N) is 3. The topological polar surface area (TPSA) is 94.6 Å². The first-order valence-corrected chi connectivity index (χ1v) is 10.1. The van der Waals surface area contributed by atoms with Gasteiger partial charge in [-0.3, -0.25) is 0 Å². The number of aliphatic hydroxyl groups is 1. The fourth-order valence-corrected chi connectivity index (χ4v) is 3.20. The van der Waals surface area contributed by atoms with Gasteiger partial charge >= 0.3 is 0 Å². The Kier molecular flexibility index (Phi) is 6.64. The lowest BCUT2D eigenvalue weighted by Gasteiger charge is -2.24.